The lowest BCUT2D eigenvalue weighted by Crippen LogP contribution is -2.23. The Bertz CT molecular complexity index is 786. The van der Waals surface area contributed by atoms with Crippen LogP contribution in [0.5, 0.6) is 5.75 Å². The number of thiocarbonyl (C=S) groups is 1. The molecule has 0 saturated carbocycles. The van der Waals surface area contributed by atoms with Gasteiger partial charge in [-0.3, -0.25) is 5.43 Å². The number of hydrogen-bond acceptors (Lipinski definition) is 4. The summed E-state index contributed by atoms with van der Waals surface area (Å²) in [6, 6.07) is 15.0. The van der Waals surface area contributed by atoms with Gasteiger partial charge in [-0.2, -0.15) is 10.4 Å². The number of nitrogens with two attached hydrogens (primary N) is 1. The second kappa shape index (κ2) is 8.27. The maximum absolute atomic E-state index is 9.07. The van der Waals surface area contributed by atoms with Gasteiger partial charge in [-0.05, 0) is 58.0 Å². The number of halogens is 1. The molecule has 0 saturated heterocycles. The number of ether oxygens (including phenoxy) is 1. The van der Waals surface area contributed by atoms with Crippen LogP contribution in [0.25, 0.3) is 0 Å². The van der Waals surface area contributed by atoms with Crippen molar-refractivity contribution in [3.8, 4) is 11.8 Å². The fraction of sp³-hybridized carbons (Fsp3) is 0.0625. The molecule has 0 aromatic heterocycles. The summed E-state index contributed by atoms with van der Waals surface area (Å²) >= 11 is 8.11. The molecule has 23 heavy (non-hydrogen) atoms. The Kier molecular flexibility index (Phi) is 6.09. The Labute approximate surface area is 147 Å². The third-order valence-corrected chi connectivity index (χ3v) is 3.58. The van der Waals surface area contributed by atoms with Crippen molar-refractivity contribution in [3.63, 3.8) is 0 Å². The maximum atomic E-state index is 9.07. The number of hydrogen-bond donors (Lipinski definition) is 2. The van der Waals surface area contributed by atoms with Gasteiger partial charge in [0.15, 0.2) is 5.11 Å². The van der Waals surface area contributed by atoms with Gasteiger partial charge < -0.3 is 10.5 Å². The van der Waals surface area contributed by atoms with Crippen LogP contribution < -0.4 is 15.9 Å². The molecule has 0 unspecified atom stereocenters. The first-order chi connectivity index (χ1) is 11.1. The van der Waals surface area contributed by atoms with Crippen molar-refractivity contribution in [3.05, 3.63) is 63.6 Å². The second-order valence-electron chi connectivity index (χ2n) is 4.48. The highest BCUT2D eigenvalue weighted by Crippen LogP contribution is 2.26. The van der Waals surface area contributed by atoms with E-state index in [-0.39, 0.29) is 5.11 Å². The molecule has 5 nitrogen and oxygen atoms in total. The zero-order valence-corrected chi connectivity index (χ0v) is 14.4. The Morgan fingerprint density at radius 1 is 1.39 bits per heavy atom. The summed E-state index contributed by atoms with van der Waals surface area (Å²) in [6.45, 7) is 0.318. The number of hydrazone groups is 1. The molecular weight excluding hydrogens is 376 g/mol. The maximum Gasteiger partial charge on any atom is 0.184 e. The first kappa shape index (κ1) is 16.9. The standard InChI is InChI=1S/C16H13BrN4OS/c17-14-7-11(9-20-21-16(19)23)5-6-15(14)22-10-13-4-2-1-3-12(13)8-18/h1-7,9H,10H2,(H3,19,21,23)/b20-9-. The van der Waals surface area contributed by atoms with Crippen molar-refractivity contribution < 1.29 is 4.74 Å². The summed E-state index contributed by atoms with van der Waals surface area (Å²) in [6.07, 6.45) is 1.60. The molecule has 0 atom stereocenters. The molecule has 7 heteroatoms. The lowest BCUT2D eigenvalue weighted by atomic mass is 10.1. The number of nitrogens with zero attached hydrogens (tertiary/aromatic N) is 2. The fourth-order valence-corrected chi connectivity index (χ4v) is 2.36. The molecule has 0 heterocycles. The SMILES string of the molecule is N#Cc1ccccc1COc1ccc(/C=N\NC(N)=S)cc1Br. The molecule has 0 bridgehead atoms. The largest absolute Gasteiger partial charge is 0.488 e. The first-order valence-corrected chi connectivity index (χ1v) is 7.79. The van der Waals surface area contributed by atoms with Crippen molar-refractivity contribution in [2.45, 2.75) is 6.61 Å². The number of nitriles is 1. The molecule has 0 radical (unpaired) electrons. The fourth-order valence-electron chi connectivity index (χ4n) is 1.80. The van der Waals surface area contributed by atoms with Crippen LogP contribution in [0.15, 0.2) is 52.0 Å². The van der Waals surface area contributed by atoms with E-state index >= 15 is 0 Å². The number of benzene rings is 2. The topological polar surface area (TPSA) is 83.4 Å². The molecule has 0 fully saturated rings. The monoisotopic (exact) mass is 388 g/mol. The van der Waals surface area contributed by atoms with Gasteiger partial charge in [0, 0.05) is 5.56 Å². The summed E-state index contributed by atoms with van der Waals surface area (Å²) in [7, 11) is 0. The summed E-state index contributed by atoms with van der Waals surface area (Å²) < 4.78 is 6.55. The predicted octanol–water partition coefficient (Wildman–Crippen LogP) is 3.07. The molecule has 2 rings (SSSR count). The second-order valence-corrected chi connectivity index (χ2v) is 5.78. The predicted molar refractivity (Wildman–Crippen MR) is 97.1 cm³/mol. The number of nitrogens with one attached hydrogen (secondary N) is 1. The first-order valence-electron chi connectivity index (χ1n) is 6.59. The van der Waals surface area contributed by atoms with Crippen molar-refractivity contribution in [1.82, 2.24) is 5.43 Å². The van der Waals surface area contributed by atoms with Gasteiger partial charge in [0.05, 0.1) is 22.3 Å². The normalized spacial score (nSPS) is 10.3. The van der Waals surface area contributed by atoms with E-state index in [9.17, 15) is 0 Å². The van der Waals surface area contributed by atoms with E-state index in [4.69, 9.17) is 15.7 Å². The van der Waals surface area contributed by atoms with Gasteiger partial charge in [-0.1, -0.05) is 18.2 Å². The zero-order chi connectivity index (χ0) is 16.7. The van der Waals surface area contributed by atoms with Crippen LogP contribution in [0.2, 0.25) is 0 Å². The molecule has 0 aliphatic heterocycles. The van der Waals surface area contributed by atoms with Crippen molar-refractivity contribution >= 4 is 39.5 Å². The molecular formula is C16H13BrN4OS. The van der Waals surface area contributed by atoms with Crippen LogP contribution >= 0.6 is 28.1 Å². The minimum Gasteiger partial charge on any atom is -0.488 e. The van der Waals surface area contributed by atoms with E-state index in [0.29, 0.717) is 17.9 Å². The van der Waals surface area contributed by atoms with Crippen molar-refractivity contribution in [2.75, 3.05) is 0 Å². The quantitative estimate of drug-likeness (QED) is 0.467. The Morgan fingerprint density at radius 3 is 2.87 bits per heavy atom. The Balaban J connectivity index is 2.05. The minimum atomic E-state index is 0.108. The van der Waals surface area contributed by atoms with Crippen molar-refractivity contribution in [1.29, 1.82) is 5.26 Å². The molecule has 0 spiro atoms. The summed E-state index contributed by atoms with van der Waals surface area (Å²) in [5.41, 5.74) is 10.1. The van der Waals surface area contributed by atoms with E-state index < -0.39 is 0 Å². The van der Waals surface area contributed by atoms with E-state index in [1.807, 2.05) is 36.4 Å². The van der Waals surface area contributed by atoms with Gasteiger partial charge in [0.1, 0.15) is 12.4 Å². The molecule has 116 valence electrons. The molecule has 2 aromatic rings. The van der Waals surface area contributed by atoms with E-state index in [1.54, 1.807) is 12.3 Å². The average Bonchev–Trinajstić information content (AvgIpc) is 2.54. The third-order valence-electron chi connectivity index (χ3n) is 2.87. The highest BCUT2D eigenvalue weighted by molar-refractivity contribution is 9.10. The lowest BCUT2D eigenvalue weighted by Gasteiger charge is -2.09. The Morgan fingerprint density at radius 2 is 2.17 bits per heavy atom. The minimum absolute atomic E-state index is 0.108. The average molecular weight is 389 g/mol. The molecule has 0 aliphatic carbocycles. The smallest absolute Gasteiger partial charge is 0.184 e. The van der Waals surface area contributed by atoms with Gasteiger partial charge >= 0.3 is 0 Å². The van der Waals surface area contributed by atoms with E-state index in [1.165, 1.54) is 0 Å². The summed E-state index contributed by atoms with van der Waals surface area (Å²) in [5, 5.41) is 13.1. The summed E-state index contributed by atoms with van der Waals surface area (Å²) in [5.74, 6) is 0.678. The van der Waals surface area contributed by atoms with Gasteiger partial charge in [0.2, 0.25) is 0 Å². The Hall–Kier alpha value is -2.43. The third kappa shape index (κ3) is 5.06. The highest BCUT2D eigenvalue weighted by Gasteiger charge is 2.05. The van der Waals surface area contributed by atoms with Crippen LogP contribution in [0.4, 0.5) is 0 Å². The van der Waals surface area contributed by atoms with Crippen LogP contribution in [-0.2, 0) is 6.61 Å². The lowest BCUT2D eigenvalue weighted by molar-refractivity contribution is 0.304. The highest BCUT2D eigenvalue weighted by atomic mass is 79.9. The molecule has 3 N–H and O–H groups in total. The van der Waals surface area contributed by atoms with Crippen LogP contribution in [-0.4, -0.2) is 11.3 Å². The van der Waals surface area contributed by atoms with Crippen LogP contribution in [0, 0.1) is 11.3 Å². The van der Waals surface area contributed by atoms with E-state index in [0.717, 1.165) is 15.6 Å². The van der Waals surface area contributed by atoms with Gasteiger partial charge in [-0.15, -0.1) is 0 Å². The van der Waals surface area contributed by atoms with Crippen LogP contribution in [0.3, 0.4) is 0 Å². The molecule has 2 aromatic carbocycles. The van der Waals surface area contributed by atoms with E-state index in [2.05, 4.69) is 44.7 Å². The van der Waals surface area contributed by atoms with Gasteiger partial charge in [0.25, 0.3) is 0 Å². The van der Waals surface area contributed by atoms with Crippen LogP contribution in [0.1, 0.15) is 16.7 Å². The number of rotatable bonds is 5. The molecule has 0 aliphatic rings. The van der Waals surface area contributed by atoms with Crippen molar-refractivity contribution in [2.24, 2.45) is 10.8 Å². The zero-order valence-electron chi connectivity index (χ0n) is 12.0. The molecule has 0 amide bonds. The summed E-state index contributed by atoms with van der Waals surface area (Å²) in [4.78, 5) is 0. The van der Waals surface area contributed by atoms with Gasteiger partial charge in [-0.25, -0.2) is 0 Å².